The minimum atomic E-state index is 0.282. The third-order valence-corrected chi connectivity index (χ3v) is 2.65. The first-order valence-electron chi connectivity index (χ1n) is 4.16. The number of nitrogens with zero attached hydrogens (tertiary/aromatic N) is 1. The molecule has 0 aromatic carbocycles. The molecule has 2 rings (SSSR count). The molecule has 0 spiro atoms. The van der Waals surface area contributed by atoms with Crippen LogP contribution in [0.15, 0.2) is 18.3 Å². The van der Waals surface area contributed by atoms with Gasteiger partial charge in [0.1, 0.15) is 0 Å². The summed E-state index contributed by atoms with van der Waals surface area (Å²) < 4.78 is 0. The van der Waals surface area contributed by atoms with Crippen LogP contribution >= 0.6 is 23.8 Å². The number of nitrogens with one attached hydrogen (secondary N) is 1. The Kier molecular flexibility index (Phi) is 2.47. The van der Waals surface area contributed by atoms with Gasteiger partial charge in [0.25, 0.3) is 0 Å². The van der Waals surface area contributed by atoms with Crippen LogP contribution in [0.3, 0.4) is 0 Å². The first kappa shape index (κ1) is 8.91. The lowest BCUT2D eigenvalue weighted by atomic mass is 10.1. The Bertz CT molecular complexity index is 323. The number of pyridine rings is 1. The molecule has 1 aliphatic rings. The van der Waals surface area contributed by atoms with Gasteiger partial charge in [0, 0.05) is 12.6 Å². The summed E-state index contributed by atoms with van der Waals surface area (Å²) in [6.07, 6.45) is 3.66. The lowest BCUT2D eigenvalue weighted by Gasteiger charge is -2.09. The largest absolute Gasteiger partial charge is 0.371 e. The predicted octanol–water partition coefficient (Wildman–Crippen LogP) is 2.49. The molecule has 0 aliphatic carbocycles. The molecule has 13 heavy (non-hydrogen) atoms. The van der Waals surface area contributed by atoms with Gasteiger partial charge in [-0.1, -0.05) is 23.8 Å². The average molecular weight is 213 g/mol. The second kappa shape index (κ2) is 3.60. The molecule has 1 aliphatic heterocycles. The summed E-state index contributed by atoms with van der Waals surface area (Å²) in [5.41, 5.74) is 1.02. The highest BCUT2D eigenvalue weighted by atomic mass is 35.5. The van der Waals surface area contributed by atoms with Crippen LogP contribution in [0.1, 0.15) is 24.6 Å². The summed E-state index contributed by atoms with van der Waals surface area (Å²) in [7, 11) is 0. The third-order valence-electron chi connectivity index (χ3n) is 2.10. The molecular formula is C9H9ClN2S. The van der Waals surface area contributed by atoms with E-state index in [2.05, 4.69) is 10.3 Å². The molecule has 0 radical (unpaired) electrons. The van der Waals surface area contributed by atoms with Gasteiger partial charge < -0.3 is 5.32 Å². The Morgan fingerprint density at radius 2 is 2.38 bits per heavy atom. The maximum atomic E-state index is 5.74. The molecule has 0 amide bonds. The van der Waals surface area contributed by atoms with Crippen LogP contribution in [0.25, 0.3) is 0 Å². The van der Waals surface area contributed by atoms with Crippen LogP contribution in [0.4, 0.5) is 0 Å². The monoisotopic (exact) mass is 212 g/mol. The van der Waals surface area contributed by atoms with Gasteiger partial charge in [0.2, 0.25) is 0 Å². The third kappa shape index (κ3) is 1.98. The van der Waals surface area contributed by atoms with Crippen molar-refractivity contribution in [2.75, 3.05) is 0 Å². The van der Waals surface area contributed by atoms with Gasteiger partial charge in [-0.2, -0.15) is 0 Å². The molecule has 1 fully saturated rings. The van der Waals surface area contributed by atoms with E-state index in [9.17, 15) is 0 Å². The first-order chi connectivity index (χ1) is 6.25. The van der Waals surface area contributed by atoms with Crippen molar-refractivity contribution in [1.82, 2.24) is 10.3 Å². The fraction of sp³-hybridized carbons (Fsp3) is 0.333. The second-order valence-electron chi connectivity index (χ2n) is 3.06. The van der Waals surface area contributed by atoms with Crippen molar-refractivity contribution in [2.24, 2.45) is 0 Å². The highest BCUT2D eigenvalue weighted by Crippen LogP contribution is 2.23. The number of hydrogen-bond donors (Lipinski definition) is 1. The lowest BCUT2D eigenvalue weighted by molar-refractivity contribution is 0.653. The number of rotatable bonds is 1. The Labute approximate surface area is 87.3 Å². The van der Waals surface area contributed by atoms with Crippen molar-refractivity contribution in [1.29, 1.82) is 0 Å². The number of halogens is 1. The van der Waals surface area contributed by atoms with E-state index in [1.807, 2.05) is 12.1 Å². The summed E-state index contributed by atoms with van der Waals surface area (Å²) in [5, 5.41) is 3.89. The quantitative estimate of drug-likeness (QED) is 0.725. The molecule has 1 aromatic heterocycles. The molecule has 0 bridgehead atoms. The highest BCUT2D eigenvalue weighted by Gasteiger charge is 2.20. The molecule has 1 saturated heterocycles. The molecule has 2 nitrogen and oxygen atoms in total. The minimum Gasteiger partial charge on any atom is -0.371 e. The summed E-state index contributed by atoms with van der Waals surface area (Å²) in [5.74, 6) is 0. The van der Waals surface area contributed by atoms with Crippen LogP contribution in [0.5, 0.6) is 0 Å². The van der Waals surface area contributed by atoms with Crippen molar-refractivity contribution in [3.05, 3.63) is 29.0 Å². The van der Waals surface area contributed by atoms with Gasteiger partial charge in [-0.05, 0) is 18.6 Å². The fourth-order valence-electron chi connectivity index (χ4n) is 1.43. The van der Waals surface area contributed by atoms with E-state index < -0.39 is 0 Å². The number of hydrogen-bond acceptors (Lipinski definition) is 2. The number of thiocarbonyl (C=S) groups is 1. The smallest absolute Gasteiger partial charge is 0.0759 e. The maximum absolute atomic E-state index is 5.74. The van der Waals surface area contributed by atoms with Gasteiger partial charge in [-0.15, -0.1) is 0 Å². The van der Waals surface area contributed by atoms with E-state index in [0.29, 0.717) is 5.02 Å². The fourth-order valence-corrected chi connectivity index (χ4v) is 1.80. The molecule has 1 N–H and O–H groups in total. The van der Waals surface area contributed by atoms with Gasteiger partial charge >= 0.3 is 0 Å². The standard InChI is InChI=1S/C9H9ClN2S/c10-6-1-2-7(11-5-6)8-3-4-9(13)12-8/h1-2,5,8H,3-4H2,(H,12,13). The Morgan fingerprint density at radius 1 is 1.54 bits per heavy atom. The van der Waals surface area contributed by atoms with Crippen LogP contribution in [0, 0.1) is 0 Å². The Hall–Kier alpha value is -0.670. The first-order valence-corrected chi connectivity index (χ1v) is 4.95. The summed E-state index contributed by atoms with van der Waals surface area (Å²) >= 11 is 10.8. The van der Waals surface area contributed by atoms with E-state index in [-0.39, 0.29) is 6.04 Å². The lowest BCUT2D eigenvalue weighted by Crippen LogP contribution is -2.17. The molecule has 1 aromatic rings. The van der Waals surface area contributed by atoms with Crippen molar-refractivity contribution >= 4 is 28.8 Å². The highest BCUT2D eigenvalue weighted by molar-refractivity contribution is 7.80. The zero-order valence-corrected chi connectivity index (χ0v) is 8.53. The number of aromatic nitrogens is 1. The van der Waals surface area contributed by atoms with Gasteiger partial charge in [-0.25, -0.2) is 0 Å². The van der Waals surface area contributed by atoms with Crippen LogP contribution in [0.2, 0.25) is 5.02 Å². The van der Waals surface area contributed by atoms with Gasteiger partial charge in [0.15, 0.2) is 0 Å². The molecule has 0 saturated carbocycles. The average Bonchev–Trinajstić information content (AvgIpc) is 2.53. The topological polar surface area (TPSA) is 24.9 Å². The van der Waals surface area contributed by atoms with Crippen LogP contribution in [-0.2, 0) is 0 Å². The van der Waals surface area contributed by atoms with Gasteiger partial charge in [0.05, 0.1) is 21.7 Å². The predicted molar refractivity (Wildman–Crippen MR) is 57.0 cm³/mol. The van der Waals surface area contributed by atoms with E-state index in [1.165, 1.54) is 0 Å². The van der Waals surface area contributed by atoms with E-state index in [0.717, 1.165) is 23.5 Å². The van der Waals surface area contributed by atoms with Crippen molar-refractivity contribution in [3.8, 4) is 0 Å². The minimum absolute atomic E-state index is 0.282. The summed E-state index contributed by atoms with van der Waals surface area (Å²) in [6.45, 7) is 0. The zero-order chi connectivity index (χ0) is 9.26. The molecule has 68 valence electrons. The molecule has 1 unspecified atom stereocenters. The molecule has 1 atom stereocenters. The zero-order valence-electron chi connectivity index (χ0n) is 6.96. The van der Waals surface area contributed by atoms with E-state index >= 15 is 0 Å². The summed E-state index contributed by atoms with van der Waals surface area (Å²) in [4.78, 5) is 5.17. The van der Waals surface area contributed by atoms with Crippen molar-refractivity contribution < 1.29 is 0 Å². The Balaban J connectivity index is 2.17. The maximum Gasteiger partial charge on any atom is 0.0759 e. The molecule has 4 heteroatoms. The second-order valence-corrected chi connectivity index (χ2v) is 3.99. The molecule has 2 heterocycles. The van der Waals surface area contributed by atoms with E-state index in [4.69, 9.17) is 23.8 Å². The van der Waals surface area contributed by atoms with Crippen LogP contribution < -0.4 is 5.32 Å². The normalized spacial score (nSPS) is 21.6. The molecular weight excluding hydrogens is 204 g/mol. The van der Waals surface area contributed by atoms with Crippen molar-refractivity contribution in [3.63, 3.8) is 0 Å². The summed E-state index contributed by atoms with van der Waals surface area (Å²) in [6, 6.07) is 4.07. The van der Waals surface area contributed by atoms with Crippen molar-refractivity contribution in [2.45, 2.75) is 18.9 Å². The van der Waals surface area contributed by atoms with E-state index in [1.54, 1.807) is 6.20 Å². The van der Waals surface area contributed by atoms with Gasteiger partial charge in [-0.3, -0.25) is 4.98 Å². The Morgan fingerprint density at radius 3 is 2.92 bits per heavy atom. The SMILES string of the molecule is S=C1CCC(c2ccc(Cl)cn2)N1. The van der Waals surface area contributed by atoms with Crippen LogP contribution in [-0.4, -0.2) is 9.97 Å².